The Kier molecular flexibility index (Phi) is 2.64. The quantitative estimate of drug-likeness (QED) is 0.829. The fraction of sp³-hybridized carbons (Fsp3) is 0.333. The van der Waals surface area contributed by atoms with Crippen LogP contribution in [0.3, 0.4) is 0 Å². The van der Waals surface area contributed by atoms with Crippen LogP contribution in [0.4, 0.5) is 5.82 Å². The summed E-state index contributed by atoms with van der Waals surface area (Å²) in [7, 11) is 1.95. The van der Waals surface area contributed by atoms with E-state index in [9.17, 15) is 0 Å². The van der Waals surface area contributed by atoms with Gasteiger partial charge in [-0.05, 0) is 25.5 Å². The summed E-state index contributed by atoms with van der Waals surface area (Å²) in [5.74, 6) is 0.601. The van der Waals surface area contributed by atoms with E-state index >= 15 is 0 Å². The van der Waals surface area contributed by atoms with Gasteiger partial charge in [-0.15, -0.1) is 0 Å². The molecule has 0 aliphatic rings. The van der Waals surface area contributed by atoms with Crippen LogP contribution in [0.15, 0.2) is 18.3 Å². The molecule has 2 aromatic rings. The summed E-state index contributed by atoms with van der Waals surface area (Å²) in [4.78, 5) is 4.16. The maximum absolute atomic E-state index is 5.85. The van der Waals surface area contributed by atoms with E-state index in [0.29, 0.717) is 5.82 Å². The van der Waals surface area contributed by atoms with Gasteiger partial charge in [0.15, 0.2) is 0 Å². The van der Waals surface area contributed by atoms with Crippen LogP contribution in [0.2, 0.25) is 0 Å². The highest BCUT2D eigenvalue weighted by atomic mass is 15.3. The van der Waals surface area contributed by atoms with Gasteiger partial charge in [-0.3, -0.25) is 4.68 Å². The molecule has 2 heterocycles. The smallest absolute Gasteiger partial charge is 0.126 e. The molecule has 0 aliphatic carbocycles. The first-order valence-corrected chi connectivity index (χ1v) is 5.27. The Hall–Kier alpha value is -1.84. The lowest BCUT2D eigenvalue weighted by atomic mass is 10.1. The minimum absolute atomic E-state index is 0.601. The molecule has 84 valence electrons. The first kappa shape index (κ1) is 10.7. The molecule has 0 radical (unpaired) electrons. The van der Waals surface area contributed by atoms with Crippen molar-refractivity contribution in [2.24, 2.45) is 7.05 Å². The topological polar surface area (TPSA) is 56.7 Å². The zero-order chi connectivity index (χ0) is 11.7. The van der Waals surface area contributed by atoms with Crippen molar-refractivity contribution in [3.63, 3.8) is 0 Å². The Morgan fingerprint density at radius 1 is 1.31 bits per heavy atom. The Labute approximate surface area is 95.1 Å². The molecule has 0 bridgehead atoms. The summed E-state index contributed by atoms with van der Waals surface area (Å²) in [6, 6.07) is 4.15. The number of rotatable bonds is 2. The van der Waals surface area contributed by atoms with Gasteiger partial charge in [0.1, 0.15) is 5.82 Å². The molecule has 2 rings (SSSR count). The van der Waals surface area contributed by atoms with E-state index in [-0.39, 0.29) is 0 Å². The monoisotopic (exact) mass is 216 g/mol. The number of aromatic nitrogens is 3. The largest absolute Gasteiger partial charge is 0.383 e. The molecule has 0 saturated carbocycles. The van der Waals surface area contributed by atoms with Crippen LogP contribution in [0.25, 0.3) is 0 Å². The van der Waals surface area contributed by atoms with E-state index in [1.54, 1.807) is 6.20 Å². The summed E-state index contributed by atoms with van der Waals surface area (Å²) in [6.07, 6.45) is 2.56. The molecule has 4 heteroatoms. The van der Waals surface area contributed by atoms with Gasteiger partial charge in [-0.25, -0.2) is 4.98 Å². The molecular weight excluding hydrogens is 200 g/mol. The number of anilines is 1. The highest BCUT2D eigenvalue weighted by Crippen LogP contribution is 2.15. The number of hydrogen-bond acceptors (Lipinski definition) is 3. The average Bonchev–Trinajstić information content (AvgIpc) is 2.51. The standard InChI is InChI=1S/C12H16N4/c1-8-4-10(12(13)14-7-8)6-11-5-9(2)15-16(11)3/h4-5,7H,6H2,1-3H3,(H2,13,14). The van der Waals surface area contributed by atoms with Crippen LogP contribution < -0.4 is 5.73 Å². The van der Waals surface area contributed by atoms with Crippen LogP contribution in [-0.2, 0) is 13.5 Å². The lowest BCUT2D eigenvalue weighted by Gasteiger charge is -2.06. The predicted molar refractivity (Wildman–Crippen MR) is 64.1 cm³/mol. The van der Waals surface area contributed by atoms with Crippen LogP contribution in [-0.4, -0.2) is 14.8 Å². The van der Waals surface area contributed by atoms with E-state index in [2.05, 4.69) is 22.2 Å². The highest BCUT2D eigenvalue weighted by Gasteiger charge is 2.07. The van der Waals surface area contributed by atoms with Gasteiger partial charge in [0.2, 0.25) is 0 Å². The molecule has 0 atom stereocenters. The summed E-state index contributed by atoms with van der Waals surface area (Å²) >= 11 is 0. The molecule has 0 fully saturated rings. The number of nitrogen functional groups attached to an aromatic ring is 1. The third kappa shape index (κ3) is 2.05. The van der Waals surface area contributed by atoms with E-state index in [4.69, 9.17) is 5.73 Å². The molecule has 2 aromatic heterocycles. The van der Waals surface area contributed by atoms with Crippen molar-refractivity contribution in [1.29, 1.82) is 0 Å². The Morgan fingerprint density at radius 3 is 2.69 bits per heavy atom. The maximum atomic E-state index is 5.85. The first-order valence-electron chi connectivity index (χ1n) is 5.27. The second-order valence-electron chi connectivity index (χ2n) is 4.13. The van der Waals surface area contributed by atoms with Crippen LogP contribution in [0.1, 0.15) is 22.5 Å². The molecule has 16 heavy (non-hydrogen) atoms. The lowest BCUT2D eigenvalue weighted by molar-refractivity contribution is 0.716. The van der Waals surface area contributed by atoms with Crippen molar-refractivity contribution in [2.45, 2.75) is 20.3 Å². The minimum Gasteiger partial charge on any atom is -0.383 e. The average molecular weight is 216 g/mol. The van der Waals surface area contributed by atoms with Crippen molar-refractivity contribution in [3.05, 3.63) is 40.8 Å². The number of nitrogens with two attached hydrogens (primary N) is 1. The minimum atomic E-state index is 0.601. The fourth-order valence-corrected chi connectivity index (χ4v) is 1.81. The van der Waals surface area contributed by atoms with Crippen LogP contribution in [0.5, 0.6) is 0 Å². The molecule has 0 unspecified atom stereocenters. The SMILES string of the molecule is Cc1cnc(N)c(Cc2cc(C)nn2C)c1. The third-order valence-corrected chi connectivity index (χ3v) is 2.61. The number of aryl methyl sites for hydroxylation is 3. The van der Waals surface area contributed by atoms with E-state index in [1.165, 1.54) is 0 Å². The van der Waals surface area contributed by atoms with Crippen molar-refractivity contribution in [2.75, 3.05) is 5.73 Å². The van der Waals surface area contributed by atoms with Crippen molar-refractivity contribution >= 4 is 5.82 Å². The van der Waals surface area contributed by atoms with Crippen LogP contribution >= 0.6 is 0 Å². The van der Waals surface area contributed by atoms with Gasteiger partial charge in [-0.1, -0.05) is 6.07 Å². The van der Waals surface area contributed by atoms with Gasteiger partial charge in [0.25, 0.3) is 0 Å². The Morgan fingerprint density at radius 2 is 2.06 bits per heavy atom. The molecule has 4 nitrogen and oxygen atoms in total. The molecule has 0 amide bonds. The van der Waals surface area contributed by atoms with Gasteiger partial charge < -0.3 is 5.73 Å². The Balaban J connectivity index is 2.33. The zero-order valence-corrected chi connectivity index (χ0v) is 9.86. The number of hydrogen-bond donors (Lipinski definition) is 1. The second kappa shape index (κ2) is 3.96. The number of pyridine rings is 1. The first-order chi connectivity index (χ1) is 7.56. The summed E-state index contributed by atoms with van der Waals surface area (Å²) in [6.45, 7) is 4.01. The molecule has 0 saturated heterocycles. The summed E-state index contributed by atoms with van der Waals surface area (Å²) in [5.41, 5.74) is 10.2. The second-order valence-corrected chi connectivity index (χ2v) is 4.13. The number of nitrogens with zero attached hydrogens (tertiary/aromatic N) is 3. The van der Waals surface area contributed by atoms with E-state index < -0.39 is 0 Å². The van der Waals surface area contributed by atoms with Crippen LogP contribution in [0, 0.1) is 13.8 Å². The molecule has 0 aromatic carbocycles. The van der Waals surface area contributed by atoms with Crippen molar-refractivity contribution in [1.82, 2.24) is 14.8 Å². The van der Waals surface area contributed by atoms with E-state index in [1.807, 2.05) is 25.6 Å². The van der Waals surface area contributed by atoms with Crippen molar-refractivity contribution in [3.8, 4) is 0 Å². The lowest BCUT2D eigenvalue weighted by Crippen LogP contribution is -2.03. The van der Waals surface area contributed by atoms with Gasteiger partial charge in [-0.2, -0.15) is 5.10 Å². The molecular formula is C12H16N4. The Bertz CT molecular complexity index is 514. The summed E-state index contributed by atoms with van der Waals surface area (Å²) < 4.78 is 1.89. The predicted octanol–water partition coefficient (Wildman–Crippen LogP) is 1.60. The molecule has 0 aliphatic heterocycles. The van der Waals surface area contributed by atoms with Gasteiger partial charge in [0, 0.05) is 30.9 Å². The normalized spacial score (nSPS) is 10.7. The molecule has 0 spiro atoms. The van der Waals surface area contributed by atoms with E-state index in [0.717, 1.165) is 28.9 Å². The summed E-state index contributed by atoms with van der Waals surface area (Å²) in [5, 5.41) is 4.31. The highest BCUT2D eigenvalue weighted by molar-refractivity contribution is 5.43. The van der Waals surface area contributed by atoms with Crippen molar-refractivity contribution < 1.29 is 0 Å². The zero-order valence-electron chi connectivity index (χ0n) is 9.86. The van der Waals surface area contributed by atoms with Gasteiger partial charge in [0.05, 0.1) is 5.69 Å². The third-order valence-electron chi connectivity index (χ3n) is 2.61. The fourth-order valence-electron chi connectivity index (χ4n) is 1.81. The van der Waals surface area contributed by atoms with Gasteiger partial charge >= 0.3 is 0 Å². The maximum Gasteiger partial charge on any atom is 0.126 e. The molecule has 2 N–H and O–H groups in total.